The predicted molar refractivity (Wildman–Crippen MR) is 48.7 cm³/mol. The highest BCUT2D eigenvalue weighted by Gasteiger charge is 2.11. The zero-order valence-electron chi connectivity index (χ0n) is 8.09. The Labute approximate surface area is 77.9 Å². The monoisotopic (exact) mass is 181 g/mol. The summed E-state index contributed by atoms with van der Waals surface area (Å²) in [6.45, 7) is 1.62. The fraction of sp³-hybridized carbons (Fsp3) is 0.400. The van der Waals surface area contributed by atoms with E-state index in [4.69, 9.17) is 9.47 Å². The fourth-order valence-corrected chi connectivity index (χ4v) is 1.29. The fourth-order valence-electron chi connectivity index (χ4n) is 1.29. The molecule has 0 spiro atoms. The van der Waals surface area contributed by atoms with E-state index in [1.54, 1.807) is 13.2 Å². The first kappa shape index (κ1) is 9.86. The van der Waals surface area contributed by atoms with Crippen LogP contribution in [0.15, 0.2) is 12.1 Å². The average Bonchev–Trinajstić information content (AvgIpc) is 2.17. The molecule has 71 valence electrons. The summed E-state index contributed by atoms with van der Waals surface area (Å²) < 4.78 is 10.3. The van der Waals surface area contributed by atoms with Gasteiger partial charge in [0.2, 0.25) is 0 Å². The van der Waals surface area contributed by atoms with Crippen molar-refractivity contribution in [2.75, 3.05) is 14.2 Å². The Hall–Kier alpha value is -1.22. The third-order valence-corrected chi connectivity index (χ3v) is 1.95. The third kappa shape index (κ3) is 1.75. The van der Waals surface area contributed by atoms with Crippen molar-refractivity contribution in [3.05, 3.63) is 23.3 Å². The van der Waals surface area contributed by atoms with Crippen molar-refractivity contribution < 1.29 is 14.6 Å². The molecule has 13 heavy (non-hydrogen) atoms. The van der Waals surface area contributed by atoms with Gasteiger partial charge in [0.05, 0.1) is 14.2 Å². The zero-order valence-corrected chi connectivity index (χ0v) is 8.09. The Morgan fingerprint density at radius 3 is 2.23 bits per heavy atom. The topological polar surface area (TPSA) is 38.4 Å². The van der Waals surface area contributed by atoms with Crippen LogP contribution in [-0.2, 0) is 11.7 Å². The van der Waals surface area contributed by atoms with Crippen molar-refractivity contribution in [3.63, 3.8) is 0 Å². The largest absolute Gasteiger partial charge is 0.493 e. The minimum atomic E-state index is -0.292. The van der Waals surface area contributed by atoms with E-state index < -0.39 is 0 Å². The van der Waals surface area contributed by atoms with Gasteiger partial charge in [0.15, 0.2) is 11.5 Å². The molecule has 0 atom stereocenters. The maximum Gasteiger partial charge on any atom is 0.166 e. The molecule has 0 heterocycles. The van der Waals surface area contributed by atoms with Gasteiger partial charge in [-0.15, -0.1) is 0 Å². The van der Waals surface area contributed by atoms with Crippen molar-refractivity contribution in [2.24, 2.45) is 0 Å². The number of rotatable bonds is 3. The lowest BCUT2D eigenvalue weighted by Crippen LogP contribution is -1.97. The van der Waals surface area contributed by atoms with Gasteiger partial charge in [-0.3, -0.25) is 0 Å². The van der Waals surface area contributed by atoms with Gasteiger partial charge in [-0.1, -0.05) is 12.1 Å². The van der Waals surface area contributed by atoms with Crippen LogP contribution in [0.4, 0.5) is 0 Å². The second kappa shape index (κ2) is 4.14. The molecule has 1 rings (SSSR count). The molecular formula is C10H13O3. The Morgan fingerprint density at radius 2 is 1.77 bits per heavy atom. The molecular weight excluding hydrogens is 168 g/mol. The molecule has 0 saturated heterocycles. The molecule has 1 radical (unpaired) electrons. The average molecular weight is 181 g/mol. The summed E-state index contributed by atoms with van der Waals surface area (Å²) in [7, 11) is 3.11. The summed E-state index contributed by atoms with van der Waals surface area (Å²) in [6.07, 6.45) is 0. The predicted octanol–water partition coefficient (Wildman–Crippen LogP) is 1.94. The number of benzene rings is 1. The molecule has 0 bridgehead atoms. The van der Waals surface area contributed by atoms with Crippen LogP contribution < -0.4 is 9.47 Å². The van der Waals surface area contributed by atoms with Gasteiger partial charge in [-0.25, -0.2) is 5.11 Å². The first-order valence-corrected chi connectivity index (χ1v) is 4.03. The Balaban J connectivity index is 3.27. The van der Waals surface area contributed by atoms with E-state index in [0.717, 1.165) is 5.56 Å². The van der Waals surface area contributed by atoms with Crippen LogP contribution in [0, 0.1) is 6.92 Å². The first-order chi connectivity index (χ1) is 6.24. The zero-order chi connectivity index (χ0) is 9.84. The van der Waals surface area contributed by atoms with Crippen LogP contribution in [0.3, 0.4) is 0 Å². The molecule has 1 aromatic rings. The molecule has 0 aliphatic rings. The number of hydrogen-bond acceptors (Lipinski definition) is 2. The molecule has 0 fully saturated rings. The van der Waals surface area contributed by atoms with E-state index in [1.165, 1.54) is 7.11 Å². The lowest BCUT2D eigenvalue weighted by Gasteiger charge is -2.12. The first-order valence-electron chi connectivity index (χ1n) is 4.03. The lowest BCUT2D eigenvalue weighted by atomic mass is 10.1. The minimum absolute atomic E-state index is 0.292. The number of methoxy groups -OCH3 is 2. The minimum Gasteiger partial charge on any atom is -0.493 e. The van der Waals surface area contributed by atoms with Crippen molar-refractivity contribution in [1.29, 1.82) is 0 Å². The summed E-state index contributed by atoms with van der Waals surface area (Å²) >= 11 is 0. The Morgan fingerprint density at radius 1 is 1.15 bits per heavy atom. The normalized spacial score (nSPS) is 9.85. The summed E-state index contributed by atoms with van der Waals surface area (Å²) in [5.41, 5.74) is 1.60. The highest BCUT2D eigenvalue weighted by Crippen LogP contribution is 2.34. The molecule has 3 heteroatoms. The maximum atomic E-state index is 10.8. The van der Waals surface area contributed by atoms with Gasteiger partial charge in [-0.2, -0.15) is 0 Å². The highest BCUT2D eigenvalue weighted by molar-refractivity contribution is 5.51. The number of hydrogen-bond donors (Lipinski definition) is 0. The molecule has 1 aromatic carbocycles. The molecule has 3 nitrogen and oxygen atoms in total. The van der Waals surface area contributed by atoms with Gasteiger partial charge in [0.1, 0.15) is 6.61 Å². The van der Waals surface area contributed by atoms with Crippen LogP contribution in [0.5, 0.6) is 11.5 Å². The summed E-state index contributed by atoms with van der Waals surface area (Å²) in [5, 5.41) is 10.8. The number of aryl methyl sites for hydroxylation is 1. The standard InChI is InChI=1S/C10H13O3/c1-7-4-5-8(6-11)10(13-3)9(7)12-2/h4-5H,6H2,1-3H3. The van der Waals surface area contributed by atoms with E-state index in [0.29, 0.717) is 17.1 Å². The second-order valence-electron chi connectivity index (χ2n) is 2.75. The maximum absolute atomic E-state index is 10.8. The smallest absolute Gasteiger partial charge is 0.166 e. The van der Waals surface area contributed by atoms with Crippen LogP contribution in [0.1, 0.15) is 11.1 Å². The van der Waals surface area contributed by atoms with E-state index in [1.807, 2.05) is 13.0 Å². The van der Waals surface area contributed by atoms with Crippen molar-refractivity contribution >= 4 is 0 Å². The summed E-state index contributed by atoms with van der Waals surface area (Å²) in [6, 6.07) is 3.62. The molecule has 0 N–H and O–H groups in total. The van der Waals surface area contributed by atoms with Gasteiger partial charge in [-0.05, 0) is 12.5 Å². The third-order valence-electron chi connectivity index (χ3n) is 1.95. The van der Waals surface area contributed by atoms with E-state index in [9.17, 15) is 5.11 Å². The van der Waals surface area contributed by atoms with Crippen molar-refractivity contribution in [1.82, 2.24) is 0 Å². The highest BCUT2D eigenvalue weighted by atomic mass is 16.5. The quantitative estimate of drug-likeness (QED) is 0.714. The lowest BCUT2D eigenvalue weighted by molar-refractivity contribution is 0.173. The van der Waals surface area contributed by atoms with Crippen LogP contribution >= 0.6 is 0 Å². The molecule has 0 aromatic heterocycles. The molecule has 0 saturated carbocycles. The molecule has 0 aliphatic carbocycles. The van der Waals surface area contributed by atoms with E-state index in [-0.39, 0.29) is 6.61 Å². The van der Waals surface area contributed by atoms with Crippen LogP contribution in [0.25, 0.3) is 0 Å². The van der Waals surface area contributed by atoms with Gasteiger partial charge >= 0.3 is 0 Å². The molecule has 0 unspecified atom stereocenters. The van der Waals surface area contributed by atoms with Gasteiger partial charge in [0, 0.05) is 5.56 Å². The van der Waals surface area contributed by atoms with Crippen LogP contribution in [0.2, 0.25) is 0 Å². The Bertz CT molecular complexity index is 294. The van der Waals surface area contributed by atoms with Gasteiger partial charge in [0.25, 0.3) is 0 Å². The SMILES string of the molecule is COc1c(C)ccc(C[O])c1OC. The van der Waals surface area contributed by atoms with Crippen molar-refractivity contribution in [3.8, 4) is 11.5 Å². The van der Waals surface area contributed by atoms with E-state index in [2.05, 4.69) is 0 Å². The van der Waals surface area contributed by atoms with Gasteiger partial charge < -0.3 is 9.47 Å². The van der Waals surface area contributed by atoms with Crippen molar-refractivity contribution in [2.45, 2.75) is 13.5 Å². The summed E-state index contributed by atoms with van der Waals surface area (Å²) in [4.78, 5) is 0. The molecule has 0 aliphatic heterocycles. The Kier molecular flexibility index (Phi) is 3.14. The number of ether oxygens (including phenoxy) is 2. The van der Waals surface area contributed by atoms with E-state index >= 15 is 0 Å². The van der Waals surface area contributed by atoms with Crippen LogP contribution in [-0.4, -0.2) is 14.2 Å². The second-order valence-corrected chi connectivity index (χ2v) is 2.75. The molecule has 0 amide bonds. The summed E-state index contributed by atoms with van der Waals surface area (Å²) in [5.74, 6) is 1.20.